The molecule has 98 valence electrons. The first-order chi connectivity index (χ1) is 8.21. The van der Waals surface area contributed by atoms with Crippen molar-refractivity contribution in [3.8, 4) is 0 Å². The van der Waals surface area contributed by atoms with Crippen LogP contribution in [0.5, 0.6) is 0 Å². The maximum Gasteiger partial charge on any atom is 0.202 e. The third kappa shape index (κ3) is 4.60. The normalized spacial score (nSPS) is 13.0. The largest absolute Gasteiger partial charge is 0.359 e. The Morgan fingerprint density at radius 2 is 2.00 bits per heavy atom. The zero-order valence-electron chi connectivity index (χ0n) is 11.1. The van der Waals surface area contributed by atoms with Crippen molar-refractivity contribution in [3.63, 3.8) is 0 Å². The maximum atomic E-state index is 6.15. The molecule has 3 N–H and O–H groups in total. The summed E-state index contributed by atoms with van der Waals surface area (Å²) >= 11 is 1.43. The van der Waals surface area contributed by atoms with Gasteiger partial charge in [-0.2, -0.15) is 4.37 Å². The molecule has 0 fully saturated rings. The van der Waals surface area contributed by atoms with Crippen molar-refractivity contribution in [2.45, 2.75) is 52.5 Å². The van der Waals surface area contributed by atoms with Crippen LogP contribution in [0.15, 0.2) is 0 Å². The lowest BCUT2D eigenvalue weighted by Gasteiger charge is -2.20. The molecule has 5 heteroatoms. The number of nitrogens with zero attached hydrogens (tertiary/aromatic N) is 2. The average molecular weight is 256 g/mol. The molecule has 1 aromatic rings. The molecule has 1 heterocycles. The topological polar surface area (TPSA) is 63.8 Å². The standard InChI is InChI=1S/C12H24N4S/c1-4-7-11-15-12(17-16-11)14-8-10(13)9(5-2)6-3/h9-10H,4-8,13H2,1-3H3,(H,14,15,16). The SMILES string of the molecule is CCCc1nsc(NCC(N)C(CC)CC)n1. The minimum absolute atomic E-state index is 0.198. The van der Waals surface area contributed by atoms with Crippen LogP contribution in [-0.4, -0.2) is 21.9 Å². The van der Waals surface area contributed by atoms with E-state index in [-0.39, 0.29) is 6.04 Å². The Kier molecular flexibility index (Phi) is 6.44. The van der Waals surface area contributed by atoms with E-state index >= 15 is 0 Å². The quantitative estimate of drug-likeness (QED) is 0.750. The lowest BCUT2D eigenvalue weighted by molar-refractivity contribution is 0.407. The van der Waals surface area contributed by atoms with Gasteiger partial charge in [0.25, 0.3) is 0 Å². The van der Waals surface area contributed by atoms with E-state index in [1.54, 1.807) is 0 Å². The van der Waals surface area contributed by atoms with Gasteiger partial charge in [0.05, 0.1) is 0 Å². The van der Waals surface area contributed by atoms with Crippen molar-refractivity contribution < 1.29 is 0 Å². The van der Waals surface area contributed by atoms with Crippen LogP contribution in [0.25, 0.3) is 0 Å². The molecule has 1 rings (SSSR count). The second-order valence-electron chi connectivity index (χ2n) is 4.39. The van der Waals surface area contributed by atoms with Gasteiger partial charge in [-0.15, -0.1) is 0 Å². The van der Waals surface area contributed by atoms with Gasteiger partial charge in [-0.1, -0.05) is 33.6 Å². The summed E-state index contributed by atoms with van der Waals surface area (Å²) in [5.41, 5.74) is 6.15. The molecule has 0 saturated carbocycles. The highest BCUT2D eigenvalue weighted by Crippen LogP contribution is 2.15. The van der Waals surface area contributed by atoms with E-state index in [0.717, 1.165) is 43.2 Å². The molecule has 4 nitrogen and oxygen atoms in total. The predicted octanol–water partition coefficient (Wildman–Crippen LogP) is 2.67. The summed E-state index contributed by atoms with van der Waals surface area (Å²) in [6.45, 7) is 7.31. The second kappa shape index (κ2) is 7.61. The van der Waals surface area contributed by atoms with Gasteiger partial charge in [-0.05, 0) is 12.3 Å². The van der Waals surface area contributed by atoms with E-state index in [0.29, 0.717) is 5.92 Å². The van der Waals surface area contributed by atoms with Crippen LogP contribution in [0, 0.1) is 5.92 Å². The molecule has 17 heavy (non-hydrogen) atoms. The summed E-state index contributed by atoms with van der Waals surface area (Å²) in [7, 11) is 0. The Hall–Kier alpha value is -0.680. The highest BCUT2D eigenvalue weighted by Gasteiger charge is 2.14. The van der Waals surface area contributed by atoms with Crippen LogP contribution in [0.2, 0.25) is 0 Å². The number of hydrogen-bond donors (Lipinski definition) is 2. The first-order valence-corrected chi connectivity index (χ1v) is 7.30. The molecule has 1 aromatic heterocycles. The summed E-state index contributed by atoms with van der Waals surface area (Å²) in [6.07, 6.45) is 4.31. The van der Waals surface area contributed by atoms with Crippen molar-refractivity contribution in [3.05, 3.63) is 5.82 Å². The zero-order chi connectivity index (χ0) is 12.7. The summed E-state index contributed by atoms with van der Waals surface area (Å²) in [5, 5.41) is 4.19. The number of nitrogens with one attached hydrogen (secondary N) is 1. The van der Waals surface area contributed by atoms with Crippen molar-refractivity contribution in [2.75, 3.05) is 11.9 Å². The zero-order valence-corrected chi connectivity index (χ0v) is 11.9. The van der Waals surface area contributed by atoms with E-state index in [1.165, 1.54) is 11.5 Å². The highest BCUT2D eigenvalue weighted by atomic mass is 32.1. The van der Waals surface area contributed by atoms with Crippen molar-refractivity contribution in [1.82, 2.24) is 9.36 Å². The lowest BCUT2D eigenvalue weighted by atomic mass is 9.95. The number of anilines is 1. The molecular weight excluding hydrogens is 232 g/mol. The second-order valence-corrected chi connectivity index (χ2v) is 5.14. The first kappa shape index (κ1) is 14.4. The fourth-order valence-electron chi connectivity index (χ4n) is 1.92. The number of nitrogens with two attached hydrogens (primary N) is 1. The van der Waals surface area contributed by atoms with Gasteiger partial charge < -0.3 is 11.1 Å². The summed E-state index contributed by atoms with van der Waals surface area (Å²) < 4.78 is 4.30. The van der Waals surface area contributed by atoms with Crippen molar-refractivity contribution in [1.29, 1.82) is 0 Å². The number of aryl methyl sites for hydroxylation is 1. The molecule has 0 aliphatic carbocycles. The third-order valence-electron chi connectivity index (χ3n) is 3.08. The molecule has 0 aromatic carbocycles. The molecule has 1 atom stereocenters. The third-order valence-corrected chi connectivity index (χ3v) is 3.80. The summed E-state index contributed by atoms with van der Waals surface area (Å²) in [4.78, 5) is 4.42. The van der Waals surface area contributed by atoms with Crippen LogP contribution >= 0.6 is 11.5 Å². The minimum atomic E-state index is 0.198. The Balaban J connectivity index is 2.38. The molecule has 0 saturated heterocycles. The molecule has 0 aliphatic heterocycles. The Labute approximate surface area is 108 Å². The molecule has 0 bridgehead atoms. The molecule has 0 amide bonds. The van der Waals surface area contributed by atoms with Gasteiger partial charge in [-0.3, -0.25) is 0 Å². The Bertz CT molecular complexity index is 309. The molecule has 0 radical (unpaired) electrons. The first-order valence-electron chi connectivity index (χ1n) is 6.53. The van der Waals surface area contributed by atoms with Crippen LogP contribution in [-0.2, 0) is 6.42 Å². The Morgan fingerprint density at radius 3 is 2.59 bits per heavy atom. The van der Waals surface area contributed by atoms with E-state index in [1.807, 2.05) is 0 Å². The molecular formula is C12H24N4S. The fraction of sp³-hybridized carbons (Fsp3) is 0.833. The molecule has 0 aliphatic rings. The summed E-state index contributed by atoms with van der Waals surface area (Å²) in [6, 6.07) is 0.198. The van der Waals surface area contributed by atoms with Gasteiger partial charge in [0.2, 0.25) is 5.13 Å². The van der Waals surface area contributed by atoms with Gasteiger partial charge in [0.1, 0.15) is 5.82 Å². The Morgan fingerprint density at radius 1 is 1.29 bits per heavy atom. The monoisotopic (exact) mass is 256 g/mol. The van der Waals surface area contributed by atoms with Crippen LogP contribution in [0.4, 0.5) is 5.13 Å². The van der Waals surface area contributed by atoms with Crippen molar-refractivity contribution >= 4 is 16.7 Å². The van der Waals surface area contributed by atoms with E-state index in [4.69, 9.17) is 5.73 Å². The fourth-order valence-corrected chi connectivity index (χ4v) is 2.53. The number of rotatable bonds is 8. The van der Waals surface area contributed by atoms with E-state index in [9.17, 15) is 0 Å². The van der Waals surface area contributed by atoms with Crippen LogP contribution in [0.1, 0.15) is 45.9 Å². The minimum Gasteiger partial charge on any atom is -0.359 e. The van der Waals surface area contributed by atoms with Crippen LogP contribution in [0.3, 0.4) is 0 Å². The van der Waals surface area contributed by atoms with Crippen molar-refractivity contribution in [2.24, 2.45) is 11.7 Å². The highest BCUT2D eigenvalue weighted by molar-refractivity contribution is 7.09. The van der Waals surface area contributed by atoms with Gasteiger partial charge in [-0.25, -0.2) is 4.98 Å². The number of hydrogen-bond acceptors (Lipinski definition) is 5. The van der Waals surface area contributed by atoms with Gasteiger partial charge in [0.15, 0.2) is 0 Å². The molecule has 1 unspecified atom stereocenters. The average Bonchev–Trinajstić information content (AvgIpc) is 2.76. The number of aromatic nitrogens is 2. The molecule has 0 spiro atoms. The van der Waals surface area contributed by atoms with E-state index in [2.05, 4.69) is 35.4 Å². The maximum absolute atomic E-state index is 6.15. The van der Waals surface area contributed by atoms with Gasteiger partial charge in [0, 0.05) is 30.5 Å². The lowest BCUT2D eigenvalue weighted by Crippen LogP contribution is -2.36. The van der Waals surface area contributed by atoms with Gasteiger partial charge >= 0.3 is 0 Å². The summed E-state index contributed by atoms with van der Waals surface area (Å²) in [5.74, 6) is 1.53. The predicted molar refractivity (Wildman–Crippen MR) is 74.4 cm³/mol. The van der Waals surface area contributed by atoms with Crippen LogP contribution < -0.4 is 11.1 Å². The van der Waals surface area contributed by atoms with E-state index < -0.39 is 0 Å². The smallest absolute Gasteiger partial charge is 0.202 e.